The van der Waals surface area contributed by atoms with Crippen molar-refractivity contribution >= 4 is 11.9 Å². The van der Waals surface area contributed by atoms with Crippen LogP contribution < -0.4 is 5.32 Å². The minimum Gasteiger partial charge on any atom is -0.481 e. The normalized spacial score (nSPS) is 22.0. The summed E-state index contributed by atoms with van der Waals surface area (Å²) in [7, 11) is 0. The highest BCUT2D eigenvalue weighted by atomic mass is 19.4. The summed E-state index contributed by atoms with van der Waals surface area (Å²) in [6, 6.07) is 4.79. The van der Waals surface area contributed by atoms with Crippen molar-refractivity contribution in [2.75, 3.05) is 6.54 Å². The average Bonchev–Trinajstić information content (AvgIpc) is 3.24. The number of alkyl halides is 3. The maximum atomic E-state index is 12.5. The van der Waals surface area contributed by atoms with Gasteiger partial charge in [0.25, 0.3) is 0 Å². The van der Waals surface area contributed by atoms with Gasteiger partial charge in [0.15, 0.2) is 0 Å². The van der Waals surface area contributed by atoms with E-state index in [1.54, 1.807) is 6.92 Å². The van der Waals surface area contributed by atoms with Gasteiger partial charge in [-0.2, -0.15) is 13.2 Å². The monoisotopic (exact) mass is 315 g/mol. The highest BCUT2D eigenvalue weighted by molar-refractivity contribution is 5.89. The van der Waals surface area contributed by atoms with Crippen molar-refractivity contribution in [1.82, 2.24) is 5.32 Å². The first-order chi connectivity index (χ1) is 10.2. The number of rotatable bonds is 5. The van der Waals surface area contributed by atoms with E-state index in [0.717, 1.165) is 12.1 Å². The number of aliphatic carboxylic acids is 1. The Morgan fingerprint density at radius 3 is 2.32 bits per heavy atom. The number of amides is 1. The molecule has 2 rings (SSSR count). The molecule has 0 spiro atoms. The lowest BCUT2D eigenvalue weighted by Crippen LogP contribution is -2.29. The topological polar surface area (TPSA) is 66.4 Å². The molecule has 0 aliphatic heterocycles. The minimum atomic E-state index is -4.37. The number of hydrogen-bond donors (Lipinski definition) is 2. The van der Waals surface area contributed by atoms with Crippen molar-refractivity contribution in [1.29, 1.82) is 0 Å². The molecule has 7 heteroatoms. The molecule has 3 atom stereocenters. The van der Waals surface area contributed by atoms with Gasteiger partial charge in [-0.15, -0.1) is 0 Å². The van der Waals surface area contributed by atoms with Crippen molar-refractivity contribution in [3.63, 3.8) is 0 Å². The van der Waals surface area contributed by atoms with Crippen LogP contribution in [-0.4, -0.2) is 23.5 Å². The van der Waals surface area contributed by atoms with E-state index in [0.29, 0.717) is 12.0 Å². The number of carbonyl (C=O) groups excluding carboxylic acids is 1. The fraction of sp³-hybridized carbons (Fsp3) is 0.467. The van der Waals surface area contributed by atoms with Crippen LogP contribution >= 0.6 is 0 Å². The zero-order valence-corrected chi connectivity index (χ0v) is 11.9. The zero-order chi connectivity index (χ0) is 16.5. The number of hydrogen-bond acceptors (Lipinski definition) is 2. The molecule has 120 valence electrons. The lowest BCUT2D eigenvalue weighted by molar-refractivity contribution is -0.140. The van der Waals surface area contributed by atoms with Gasteiger partial charge >= 0.3 is 12.1 Å². The van der Waals surface area contributed by atoms with Crippen molar-refractivity contribution in [2.45, 2.75) is 25.4 Å². The van der Waals surface area contributed by atoms with Gasteiger partial charge in [0.2, 0.25) is 5.91 Å². The van der Waals surface area contributed by atoms with Crippen molar-refractivity contribution in [3.05, 3.63) is 35.4 Å². The molecule has 0 bridgehead atoms. The van der Waals surface area contributed by atoms with E-state index in [1.165, 1.54) is 12.1 Å². The molecule has 4 nitrogen and oxygen atoms in total. The zero-order valence-electron chi connectivity index (χ0n) is 11.9. The van der Waals surface area contributed by atoms with Crippen LogP contribution in [0.2, 0.25) is 0 Å². The predicted molar refractivity (Wildman–Crippen MR) is 72.1 cm³/mol. The Bertz CT molecular complexity index is 568. The second-order valence-corrected chi connectivity index (χ2v) is 5.55. The first-order valence-electron chi connectivity index (χ1n) is 6.88. The molecule has 0 radical (unpaired) electrons. The van der Waals surface area contributed by atoms with Crippen molar-refractivity contribution in [3.8, 4) is 0 Å². The van der Waals surface area contributed by atoms with E-state index in [4.69, 9.17) is 5.11 Å². The molecule has 0 saturated heterocycles. The maximum absolute atomic E-state index is 12.5. The summed E-state index contributed by atoms with van der Waals surface area (Å²) in [5.41, 5.74) is -0.0337. The summed E-state index contributed by atoms with van der Waals surface area (Å²) in [5, 5.41) is 11.4. The third-order valence-corrected chi connectivity index (χ3v) is 3.83. The van der Waals surface area contributed by atoms with Crippen molar-refractivity contribution < 1.29 is 27.9 Å². The van der Waals surface area contributed by atoms with Crippen LogP contribution in [-0.2, 0) is 15.8 Å². The quantitative estimate of drug-likeness (QED) is 0.878. The lowest BCUT2D eigenvalue weighted by atomic mass is 9.99. The first kappa shape index (κ1) is 16.3. The molecule has 2 N–H and O–H groups in total. The van der Waals surface area contributed by atoms with Crippen LogP contribution in [0.4, 0.5) is 13.2 Å². The van der Waals surface area contributed by atoms with Gasteiger partial charge < -0.3 is 10.4 Å². The summed E-state index contributed by atoms with van der Waals surface area (Å²) in [6.07, 6.45) is -4.02. The Morgan fingerprint density at radius 1 is 1.27 bits per heavy atom. The summed E-state index contributed by atoms with van der Waals surface area (Å²) in [4.78, 5) is 22.4. The summed E-state index contributed by atoms with van der Waals surface area (Å²) in [6.45, 7) is 2.04. The molecule has 22 heavy (non-hydrogen) atoms. The third kappa shape index (κ3) is 3.78. The fourth-order valence-electron chi connectivity index (χ4n) is 2.26. The van der Waals surface area contributed by atoms with E-state index >= 15 is 0 Å². The SMILES string of the molecule is CC(CNC(=O)C1CC1C(=O)O)c1ccc(C(F)(F)F)cc1. The Kier molecular flexibility index (Phi) is 4.44. The average molecular weight is 315 g/mol. The Hall–Kier alpha value is -2.05. The highest BCUT2D eigenvalue weighted by Gasteiger charge is 2.48. The van der Waals surface area contributed by atoms with Gasteiger partial charge in [-0.3, -0.25) is 9.59 Å². The second-order valence-electron chi connectivity index (χ2n) is 5.55. The largest absolute Gasteiger partial charge is 0.481 e. The Labute approximate surface area is 125 Å². The van der Waals surface area contributed by atoms with Crippen LogP contribution in [0.5, 0.6) is 0 Å². The third-order valence-electron chi connectivity index (χ3n) is 3.83. The van der Waals surface area contributed by atoms with E-state index in [1.807, 2.05) is 0 Å². The minimum absolute atomic E-state index is 0.159. The summed E-state index contributed by atoms with van der Waals surface area (Å²) in [5.74, 6) is -2.55. The highest BCUT2D eigenvalue weighted by Crippen LogP contribution is 2.38. The molecule has 1 amide bonds. The number of nitrogens with one attached hydrogen (secondary N) is 1. The number of carbonyl (C=O) groups is 2. The predicted octanol–water partition coefficient (Wildman–Crippen LogP) is 2.65. The Balaban J connectivity index is 1.86. The smallest absolute Gasteiger partial charge is 0.416 e. The summed E-state index contributed by atoms with van der Waals surface area (Å²) < 4.78 is 37.4. The molecule has 1 aliphatic carbocycles. The molecule has 0 aromatic heterocycles. The van der Waals surface area contributed by atoms with Crippen LogP contribution in [0.25, 0.3) is 0 Å². The lowest BCUT2D eigenvalue weighted by Gasteiger charge is -2.14. The number of carboxylic acids is 1. The van der Waals surface area contributed by atoms with Gasteiger partial charge in [0.1, 0.15) is 0 Å². The molecule has 1 aliphatic rings. The van der Waals surface area contributed by atoms with Gasteiger partial charge in [-0.05, 0) is 30.0 Å². The number of carboxylic acid groups (broad SMARTS) is 1. The van der Waals surface area contributed by atoms with E-state index in [9.17, 15) is 22.8 Å². The van der Waals surface area contributed by atoms with Crippen LogP contribution in [0.1, 0.15) is 30.4 Å². The number of benzene rings is 1. The molecule has 1 saturated carbocycles. The first-order valence-corrected chi connectivity index (χ1v) is 6.88. The second kappa shape index (κ2) is 5.98. The Morgan fingerprint density at radius 2 is 1.86 bits per heavy atom. The molecule has 1 aromatic rings. The molecule has 1 aromatic carbocycles. The maximum Gasteiger partial charge on any atom is 0.416 e. The number of halogens is 3. The van der Waals surface area contributed by atoms with Crippen LogP contribution in [0.3, 0.4) is 0 Å². The van der Waals surface area contributed by atoms with Crippen molar-refractivity contribution in [2.24, 2.45) is 11.8 Å². The van der Waals surface area contributed by atoms with Gasteiger partial charge in [0, 0.05) is 6.54 Å². The van der Waals surface area contributed by atoms with E-state index < -0.39 is 29.5 Å². The molecule has 3 unspecified atom stereocenters. The summed E-state index contributed by atoms with van der Waals surface area (Å²) >= 11 is 0. The van der Waals surface area contributed by atoms with E-state index in [-0.39, 0.29) is 18.4 Å². The van der Waals surface area contributed by atoms with Gasteiger partial charge in [-0.1, -0.05) is 19.1 Å². The van der Waals surface area contributed by atoms with Crippen LogP contribution in [0, 0.1) is 11.8 Å². The fourth-order valence-corrected chi connectivity index (χ4v) is 2.26. The molecular weight excluding hydrogens is 299 g/mol. The van der Waals surface area contributed by atoms with Gasteiger partial charge in [0.05, 0.1) is 17.4 Å². The molecule has 0 heterocycles. The van der Waals surface area contributed by atoms with Crippen LogP contribution in [0.15, 0.2) is 24.3 Å². The standard InChI is InChI=1S/C15H16F3NO3/c1-8(7-19-13(20)11-6-12(11)14(21)22)9-2-4-10(5-3-9)15(16,17)18/h2-5,8,11-12H,6-7H2,1H3,(H,19,20)(H,21,22). The van der Waals surface area contributed by atoms with E-state index in [2.05, 4.69) is 5.32 Å². The van der Waals surface area contributed by atoms with Gasteiger partial charge in [-0.25, -0.2) is 0 Å². The molecular formula is C15H16F3NO3. The molecule has 1 fully saturated rings.